The first-order valence-electron chi connectivity index (χ1n) is 7.76. The molecule has 1 aromatic heterocycles. The molecule has 0 N–H and O–H groups in total. The topological polar surface area (TPSA) is 35.2 Å². The van der Waals surface area contributed by atoms with Gasteiger partial charge in [-0.2, -0.15) is 0 Å². The van der Waals surface area contributed by atoms with Crippen molar-refractivity contribution < 1.29 is 4.42 Å². The lowest BCUT2D eigenvalue weighted by Crippen LogP contribution is -2.38. The summed E-state index contributed by atoms with van der Waals surface area (Å²) in [7, 11) is 8.12. The number of hydrogen-bond donors (Lipinski definition) is 0. The van der Waals surface area contributed by atoms with Gasteiger partial charge in [-0.25, -0.2) is 0 Å². The second-order valence-electron chi connectivity index (χ2n) is 6.06. The van der Waals surface area contributed by atoms with E-state index in [0.717, 1.165) is 31.4 Å². The van der Waals surface area contributed by atoms with E-state index in [-0.39, 0.29) is 30.0 Å². The molecule has 1 atom stereocenters. The van der Waals surface area contributed by atoms with E-state index in [2.05, 4.69) is 20.8 Å². The third-order valence-corrected chi connectivity index (χ3v) is 3.91. The fraction of sp³-hybridized carbons (Fsp3) is 0.688. The smallest absolute Gasteiger partial charge is 0.195 e. The highest BCUT2D eigenvalue weighted by Crippen LogP contribution is 2.25. The van der Waals surface area contributed by atoms with Gasteiger partial charge in [-0.3, -0.25) is 9.89 Å². The van der Waals surface area contributed by atoms with Gasteiger partial charge in [0.15, 0.2) is 5.96 Å². The van der Waals surface area contributed by atoms with Crippen LogP contribution in [0.25, 0.3) is 0 Å². The molecular weight excluding hydrogens is 391 g/mol. The van der Waals surface area contributed by atoms with Gasteiger partial charge in [-0.15, -0.1) is 24.0 Å². The van der Waals surface area contributed by atoms with Crippen molar-refractivity contribution in [1.82, 2.24) is 14.7 Å². The second kappa shape index (κ2) is 9.39. The number of furan rings is 1. The fourth-order valence-electron chi connectivity index (χ4n) is 2.95. The Hall–Kier alpha value is -0.760. The number of nitrogens with zero attached hydrogens (tertiary/aromatic N) is 4. The molecule has 2 heterocycles. The lowest BCUT2D eigenvalue weighted by molar-refractivity contribution is 0.149. The molecule has 0 bridgehead atoms. The second-order valence-corrected chi connectivity index (χ2v) is 6.06. The molecule has 1 aromatic rings. The summed E-state index contributed by atoms with van der Waals surface area (Å²) in [6.07, 6.45) is 5.64. The zero-order chi connectivity index (χ0) is 15.2. The van der Waals surface area contributed by atoms with E-state index in [9.17, 15) is 0 Å². The van der Waals surface area contributed by atoms with Crippen LogP contribution in [0, 0.1) is 0 Å². The van der Waals surface area contributed by atoms with E-state index in [4.69, 9.17) is 9.41 Å². The Kier molecular flexibility index (Phi) is 8.24. The summed E-state index contributed by atoms with van der Waals surface area (Å²) >= 11 is 0. The van der Waals surface area contributed by atoms with Gasteiger partial charge in [-0.05, 0) is 38.1 Å². The SMILES string of the molecule is CN(C)C(=NCC(c1ccco1)N1CCCCC1)N(C)C.I. The molecule has 0 aliphatic carbocycles. The normalized spacial score (nSPS) is 16.5. The highest BCUT2D eigenvalue weighted by atomic mass is 127. The summed E-state index contributed by atoms with van der Waals surface area (Å²) in [5, 5.41) is 0. The van der Waals surface area contributed by atoms with Crippen molar-refractivity contribution in [2.45, 2.75) is 25.3 Å². The van der Waals surface area contributed by atoms with Crippen LogP contribution in [0.3, 0.4) is 0 Å². The largest absolute Gasteiger partial charge is 0.468 e. The van der Waals surface area contributed by atoms with Crippen LogP contribution in [-0.2, 0) is 0 Å². The highest BCUT2D eigenvalue weighted by Gasteiger charge is 2.24. The van der Waals surface area contributed by atoms with Crippen molar-refractivity contribution in [2.75, 3.05) is 47.8 Å². The third-order valence-electron chi connectivity index (χ3n) is 3.91. The molecule has 0 amide bonds. The summed E-state index contributed by atoms with van der Waals surface area (Å²) in [6.45, 7) is 3.01. The lowest BCUT2D eigenvalue weighted by Gasteiger charge is -2.33. The van der Waals surface area contributed by atoms with E-state index >= 15 is 0 Å². The molecule has 0 radical (unpaired) electrons. The van der Waals surface area contributed by atoms with E-state index in [1.807, 2.05) is 34.3 Å². The minimum absolute atomic E-state index is 0. The van der Waals surface area contributed by atoms with Gasteiger partial charge >= 0.3 is 0 Å². The highest BCUT2D eigenvalue weighted by molar-refractivity contribution is 14.0. The van der Waals surface area contributed by atoms with E-state index < -0.39 is 0 Å². The van der Waals surface area contributed by atoms with Gasteiger partial charge in [-0.1, -0.05) is 6.42 Å². The van der Waals surface area contributed by atoms with E-state index in [0.29, 0.717) is 0 Å². The predicted octanol–water partition coefficient (Wildman–Crippen LogP) is 2.90. The number of hydrogen-bond acceptors (Lipinski definition) is 3. The van der Waals surface area contributed by atoms with E-state index in [1.54, 1.807) is 6.26 Å². The van der Waals surface area contributed by atoms with Gasteiger partial charge in [0.25, 0.3) is 0 Å². The standard InChI is InChI=1S/C16H28N4O.HI/c1-18(2)16(19(3)4)17-13-14(15-9-8-12-21-15)20-10-6-5-7-11-20;/h8-9,12,14H,5-7,10-11,13H2,1-4H3;1H. The maximum absolute atomic E-state index is 5.66. The third kappa shape index (κ3) is 5.15. The fourth-order valence-corrected chi connectivity index (χ4v) is 2.95. The maximum atomic E-state index is 5.66. The Morgan fingerprint density at radius 2 is 1.82 bits per heavy atom. The first-order chi connectivity index (χ1) is 10.1. The van der Waals surface area contributed by atoms with Crippen LogP contribution in [0.15, 0.2) is 27.8 Å². The number of aliphatic imine (C=N–C) groups is 1. The minimum atomic E-state index is 0. The molecule has 1 saturated heterocycles. The Bertz CT molecular complexity index is 429. The molecular formula is C16H29IN4O. The van der Waals surface area contributed by atoms with Crippen molar-refractivity contribution in [1.29, 1.82) is 0 Å². The summed E-state index contributed by atoms with van der Waals surface area (Å²) in [6, 6.07) is 4.28. The molecule has 6 heteroatoms. The molecule has 22 heavy (non-hydrogen) atoms. The minimum Gasteiger partial charge on any atom is -0.468 e. The summed E-state index contributed by atoms with van der Waals surface area (Å²) in [5.41, 5.74) is 0. The van der Waals surface area contributed by atoms with Crippen LogP contribution in [0.5, 0.6) is 0 Å². The van der Waals surface area contributed by atoms with Gasteiger partial charge in [0.1, 0.15) is 5.76 Å². The zero-order valence-electron chi connectivity index (χ0n) is 14.2. The van der Waals surface area contributed by atoms with Crippen LogP contribution >= 0.6 is 24.0 Å². The molecule has 126 valence electrons. The van der Waals surface area contributed by atoms with Gasteiger partial charge in [0.05, 0.1) is 18.8 Å². The van der Waals surface area contributed by atoms with Gasteiger partial charge in [0.2, 0.25) is 0 Å². The Morgan fingerprint density at radius 3 is 2.32 bits per heavy atom. The molecule has 0 aromatic carbocycles. The van der Waals surface area contributed by atoms with Crippen molar-refractivity contribution in [3.63, 3.8) is 0 Å². The van der Waals surface area contributed by atoms with Crippen molar-refractivity contribution >= 4 is 29.9 Å². The number of rotatable bonds is 4. The van der Waals surface area contributed by atoms with Crippen LogP contribution in [0.4, 0.5) is 0 Å². The summed E-state index contributed by atoms with van der Waals surface area (Å²) in [5.74, 6) is 2.01. The molecule has 1 aliphatic rings. The average Bonchev–Trinajstić information content (AvgIpc) is 2.97. The Balaban J connectivity index is 0.00000242. The molecule has 0 spiro atoms. The summed E-state index contributed by atoms with van der Waals surface area (Å²) < 4.78 is 5.66. The van der Waals surface area contributed by atoms with Crippen molar-refractivity contribution in [2.24, 2.45) is 4.99 Å². The molecule has 5 nitrogen and oxygen atoms in total. The number of likely N-dealkylation sites (tertiary alicyclic amines) is 1. The zero-order valence-corrected chi connectivity index (χ0v) is 16.5. The number of halogens is 1. The lowest BCUT2D eigenvalue weighted by atomic mass is 10.1. The molecule has 0 saturated carbocycles. The maximum Gasteiger partial charge on any atom is 0.195 e. The Labute approximate surface area is 151 Å². The first-order valence-corrected chi connectivity index (χ1v) is 7.76. The predicted molar refractivity (Wildman–Crippen MR) is 102 cm³/mol. The van der Waals surface area contributed by atoms with Crippen LogP contribution in [0.1, 0.15) is 31.1 Å². The van der Waals surface area contributed by atoms with Crippen molar-refractivity contribution in [3.05, 3.63) is 24.2 Å². The number of piperidine rings is 1. The van der Waals surface area contributed by atoms with Crippen LogP contribution < -0.4 is 0 Å². The van der Waals surface area contributed by atoms with E-state index in [1.165, 1.54) is 19.3 Å². The quantitative estimate of drug-likeness (QED) is 0.427. The molecule has 1 aliphatic heterocycles. The summed E-state index contributed by atoms with van der Waals surface area (Å²) in [4.78, 5) is 11.4. The van der Waals surface area contributed by atoms with Gasteiger partial charge < -0.3 is 14.2 Å². The molecule has 1 fully saturated rings. The van der Waals surface area contributed by atoms with Crippen molar-refractivity contribution in [3.8, 4) is 0 Å². The number of guanidine groups is 1. The molecule has 2 rings (SSSR count). The van der Waals surface area contributed by atoms with Gasteiger partial charge in [0, 0.05) is 28.2 Å². The van der Waals surface area contributed by atoms with Crippen LogP contribution in [-0.4, -0.2) is 68.5 Å². The monoisotopic (exact) mass is 420 g/mol. The average molecular weight is 420 g/mol. The van der Waals surface area contributed by atoms with Crippen LogP contribution in [0.2, 0.25) is 0 Å². The first kappa shape index (κ1) is 19.3. The molecule has 1 unspecified atom stereocenters. The Morgan fingerprint density at radius 1 is 1.18 bits per heavy atom.